The van der Waals surface area contributed by atoms with Crippen LogP contribution in [0.25, 0.3) is 0 Å². The molecule has 1 amide bonds. The zero-order valence-corrected chi connectivity index (χ0v) is 12.5. The number of hydrogen-bond acceptors (Lipinski definition) is 6. The number of carbonyl (C=O) groups is 1. The molecule has 0 saturated heterocycles. The van der Waals surface area contributed by atoms with Crippen molar-refractivity contribution in [1.82, 2.24) is 9.88 Å². The Labute approximate surface area is 131 Å². The van der Waals surface area contributed by atoms with Crippen LogP contribution >= 0.6 is 0 Å². The van der Waals surface area contributed by atoms with Gasteiger partial charge in [0.25, 0.3) is 5.91 Å². The van der Waals surface area contributed by atoms with Gasteiger partial charge < -0.3 is 24.3 Å². The SMILES string of the molecule is CN(C[C@@H](O)CO)C(=O)c1coc(COc2cccc(F)c2)n1. The third-order valence-corrected chi connectivity index (χ3v) is 2.97. The average molecular weight is 324 g/mol. The lowest BCUT2D eigenvalue weighted by Gasteiger charge is -2.18. The van der Waals surface area contributed by atoms with Crippen molar-refractivity contribution < 1.29 is 28.6 Å². The Balaban J connectivity index is 1.93. The summed E-state index contributed by atoms with van der Waals surface area (Å²) in [6.07, 6.45) is 0.153. The second kappa shape index (κ2) is 7.70. The lowest BCUT2D eigenvalue weighted by atomic mass is 10.3. The minimum Gasteiger partial charge on any atom is -0.484 e. The number of amides is 1. The summed E-state index contributed by atoms with van der Waals surface area (Å²) >= 11 is 0. The van der Waals surface area contributed by atoms with Gasteiger partial charge >= 0.3 is 0 Å². The number of aliphatic hydroxyl groups is 2. The second-order valence-corrected chi connectivity index (χ2v) is 4.89. The molecule has 2 rings (SSSR count). The molecule has 0 spiro atoms. The number of aliphatic hydroxyl groups excluding tert-OH is 2. The molecule has 8 heteroatoms. The average Bonchev–Trinajstić information content (AvgIpc) is 3.01. The molecule has 0 fully saturated rings. The normalized spacial score (nSPS) is 12.0. The first-order chi connectivity index (χ1) is 11.0. The van der Waals surface area contributed by atoms with Crippen LogP contribution in [0.15, 0.2) is 34.9 Å². The standard InChI is InChI=1S/C15H17FN2O5/c1-18(6-11(20)7-19)15(21)13-8-23-14(17-13)9-22-12-4-2-3-10(16)5-12/h2-5,8,11,19-20H,6-7,9H2,1H3/t11-/m1/s1. The van der Waals surface area contributed by atoms with Crippen molar-refractivity contribution in [1.29, 1.82) is 0 Å². The Kier molecular flexibility index (Phi) is 5.67. The minimum absolute atomic E-state index is 0.0304. The van der Waals surface area contributed by atoms with Crippen molar-refractivity contribution in [2.24, 2.45) is 0 Å². The summed E-state index contributed by atoms with van der Waals surface area (Å²) in [6, 6.07) is 5.61. The first-order valence-corrected chi connectivity index (χ1v) is 6.86. The molecule has 0 saturated carbocycles. The van der Waals surface area contributed by atoms with Crippen LogP contribution in [0.1, 0.15) is 16.4 Å². The lowest BCUT2D eigenvalue weighted by molar-refractivity contribution is 0.0516. The van der Waals surface area contributed by atoms with E-state index < -0.39 is 24.4 Å². The van der Waals surface area contributed by atoms with Gasteiger partial charge in [0.15, 0.2) is 12.3 Å². The maximum Gasteiger partial charge on any atom is 0.275 e. The van der Waals surface area contributed by atoms with Gasteiger partial charge in [0.1, 0.15) is 17.8 Å². The van der Waals surface area contributed by atoms with Crippen LogP contribution in [0.4, 0.5) is 4.39 Å². The van der Waals surface area contributed by atoms with Gasteiger partial charge in [0, 0.05) is 19.7 Å². The number of benzene rings is 1. The molecule has 1 aromatic heterocycles. The Morgan fingerprint density at radius 3 is 3.00 bits per heavy atom. The van der Waals surface area contributed by atoms with Gasteiger partial charge in [-0.2, -0.15) is 0 Å². The summed E-state index contributed by atoms with van der Waals surface area (Å²) < 4.78 is 23.5. The van der Waals surface area contributed by atoms with Crippen LogP contribution in [-0.2, 0) is 6.61 Å². The Morgan fingerprint density at radius 1 is 1.52 bits per heavy atom. The summed E-state index contributed by atoms with van der Waals surface area (Å²) in [5, 5.41) is 18.1. The van der Waals surface area contributed by atoms with E-state index in [2.05, 4.69) is 4.98 Å². The van der Waals surface area contributed by atoms with Gasteiger partial charge in [-0.3, -0.25) is 4.79 Å². The van der Waals surface area contributed by atoms with Crippen molar-refractivity contribution in [3.8, 4) is 5.75 Å². The van der Waals surface area contributed by atoms with Gasteiger partial charge in [0.2, 0.25) is 5.89 Å². The largest absolute Gasteiger partial charge is 0.484 e. The maximum absolute atomic E-state index is 13.0. The van der Waals surface area contributed by atoms with E-state index in [0.717, 1.165) is 0 Å². The fourth-order valence-corrected chi connectivity index (χ4v) is 1.83. The zero-order chi connectivity index (χ0) is 16.8. The van der Waals surface area contributed by atoms with Gasteiger partial charge in [-0.25, -0.2) is 9.37 Å². The molecule has 23 heavy (non-hydrogen) atoms. The first-order valence-electron chi connectivity index (χ1n) is 6.86. The fourth-order valence-electron chi connectivity index (χ4n) is 1.83. The van der Waals surface area contributed by atoms with Crippen molar-refractivity contribution in [2.75, 3.05) is 20.2 Å². The summed E-state index contributed by atoms with van der Waals surface area (Å²) in [6.45, 7) is -0.528. The molecule has 2 N–H and O–H groups in total. The zero-order valence-electron chi connectivity index (χ0n) is 12.5. The topological polar surface area (TPSA) is 96.0 Å². The molecule has 0 radical (unpaired) electrons. The van der Waals surface area contributed by atoms with Crippen LogP contribution in [0.5, 0.6) is 5.75 Å². The number of nitrogens with zero attached hydrogens (tertiary/aromatic N) is 2. The Hall–Kier alpha value is -2.45. The van der Waals surface area contributed by atoms with Crippen LogP contribution < -0.4 is 4.74 Å². The van der Waals surface area contributed by atoms with Crippen LogP contribution in [0.3, 0.4) is 0 Å². The van der Waals surface area contributed by atoms with Crippen LogP contribution in [0, 0.1) is 5.82 Å². The number of ether oxygens (including phenoxy) is 1. The lowest BCUT2D eigenvalue weighted by Crippen LogP contribution is -2.36. The summed E-state index contributed by atoms with van der Waals surface area (Å²) in [5.41, 5.74) is 0.0514. The third-order valence-electron chi connectivity index (χ3n) is 2.97. The quantitative estimate of drug-likeness (QED) is 0.783. The predicted molar refractivity (Wildman–Crippen MR) is 77.3 cm³/mol. The number of oxazole rings is 1. The van der Waals surface area contributed by atoms with E-state index in [4.69, 9.17) is 14.3 Å². The molecule has 0 aliphatic carbocycles. The number of rotatable bonds is 7. The summed E-state index contributed by atoms with van der Waals surface area (Å²) in [4.78, 5) is 17.2. The highest BCUT2D eigenvalue weighted by atomic mass is 19.1. The van der Waals surface area contributed by atoms with Gasteiger partial charge in [0.05, 0.1) is 12.7 Å². The van der Waals surface area contributed by atoms with Crippen molar-refractivity contribution in [3.63, 3.8) is 0 Å². The highest BCUT2D eigenvalue weighted by molar-refractivity contribution is 5.91. The van der Waals surface area contributed by atoms with E-state index in [9.17, 15) is 14.3 Å². The number of aromatic nitrogens is 1. The van der Waals surface area contributed by atoms with E-state index in [1.165, 1.54) is 36.4 Å². The summed E-state index contributed by atoms with van der Waals surface area (Å²) in [7, 11) is 1.47. The molecule has 0 unspecified atom stereocenters. The Morgan fingerprint density at radius 2 is 2.30 bits per heavy atom. The van der Waals surface area contributed by atoms with E-state index >= 15 is 0 Å². The van der Waals surface area contributed by atoms with E-state index in [-0.39, 0.29) is 24.7 Å². The van der Waals surface area contributed by atoms with E-state index in [1.807, 2.05) is 0 Å². The highest BCUT2D eigenvalue weighted by Crippen LogP contribution is 2.14. The van der Waals surface area contributed by atoms with E-state index in [0.29, 0.717) is 5.75 Å². The van der Waals surface area contributed by atoms with Crippen molar-refractivity contribution >= 4 is 5.91 Å². The molecule has 124 valence electrons. The molecule has 1 atom stereocenters. The minimum atomic E-state index is -1.02. The molecule has 7 nitrogen and oxygen atoms in total. The van der Waals surface area contributed by atoms with Crippen LogP contribution in [0.2, 0.25) is 0 Å². The maximum atomic E-state index is 13.0. The number of carbonyl (C=O) groups excluding carboxylic acids is 1. The Bertz CT molecular complexity index is 661. The van der Waals surface area contributed by atoms with Crippen LogP contribution in [-0.4, -0.2) is 52.3 Å². The molecule has 0 aliphatic rings. The van der Waals surface area contributed by atoms with Crippen molar-refractivity contribution in [2.45, 2.75) is 12.7 Å². The summed E-state index contributed by atoms with van der Waals surface area (Å²) in [5.74, 6) is -0.402. The van der Waals surface area contributed by atoms with Crippen molar-refractivity contribution in [3.05, 3.63) is 47.9 Å². The smallest absolute Gasteiger partial charge is 0.275 e. The third kappa shape index (κ3) is 4.76. The van der Waals surface area contributed by atoms with Gasteiger partial charge in [-0.15, -0.1) is 0 Å². The molecule has 0 bridgehead atoms. The first kappa shape index (κ1) is 16.9. The van der Waals surface area contributed by atoms with Gasteiger partial charge in [-0.05, 0) is 12.1 Å². The number of halogens is 1. The molecule has 1 aromatic carbocycles. The molecule has 1 heterocycles. The number of likely N-dealkylation sites (N-methyl/N-ethyl adjacent to an activating group) is 1. The molecular weight excluding hydrogens is 307 g/mol. The molecule has 0 aliphatic heterocycles. The number of hydrogen-bond donors (Lipinski definition) is 2. The monoisotopic (exact) mass is 324 g/mol. The predicted octanol–water partition coefficient (Wildman–Crippen LogP) is 0.818. The molecular formula is C15H17FN2O5. The molecule has 2 aromatic rings. The highest BCUT2D eigenvalue weighted by Gasteiger charge is 2.19. The van der Waals surface area contributed by atoms with Gasteiger partial charge in [-0.1, -0.05) is 6.07 Å². The second-order valence-electron chi connectivity index (χ2n) is 4.89. The van der Waals surface area contributed by atoms with E-state index in [1.54, 1.807) is 6.07 Å². The fraction of sp³-hybridized carbons (Fsp3) is 0.333.